The van der Waals surface area contributed by atoms with Crippen LogP contribution in [-0.2, 0) is 11.3 Å². The van der Waals surface area contributed by atoms with Crippen LogP contribution in [0.15, 0.2) is 29.3 Å². The topological polar surface area (TPSA) is 43.3 Å². The second kappa shape index (κ2) is 12.9. The molecule has 2 aliphatic heterocycles. The van der Waals surface area contributed by atoms with Gasteiger partial charge in [0.15, 0.2) is 5.96 Å². The van der Waals surface area contributed by atoms with E-state index in [0.717, 1.165) is 38.7 Å². The van der Waals surface area contributed by atoms with Crippen molar-refractivity contribution in [1.82, 2.24) is 15.1 Å². The lowest BCUT2D eigenvalue weighted by Gasteiger charge is -2.31. The Bertz CT molecular complexity index is 648. The van der Waals surface area contributed by atoms with E-state index >= 15 is 0 Å². The number of ether oxygens (including phenoxy) is 1. The van der Waals surface area contributed by atoms with Crippen LogP contribution in [0.2, 0.25) is 0 Å². The minimum Gasteiger partial charge on any atom is -0.383 e. The van der Waals surface area contributed by atoms with Crippen molar-refractivity contribution in [2.24, 2.45) is 10.9 Å². The first kappa shape index (κ1) is 23.9. The van der Waals surface area contributed by atoms with Crippen LogP contribution in [0.4, 0.5) is 5.69 Å². The number of rotatable bonds is 9. The van der Waals surface area contributed by atoms with Crippen LogP contribution in [0.25, 0.3) is 0 Å². The van der Waals surface area contributed by atoms with Crippen molar-refractivity contribution < 1.29 is 4.74 Å². The third kappa shape index (κ3) is 7.69. The predicted octanol–water partition coefficient (Wildman–Crippen LogP) is 3.43. The van der Waals surface area contributed by atoms with Crippen LogP contribution in [0.1, 0.15) is 44.6 Å². The lowest BCUT2D eigenvalue weighted by molar-refractivity contribution is 0.121. The number of piperidine rings is 2. The number of likely N-dealkylation sites (tertiary alicyclic amines) is 1. The molecule has 174 valence electrons. The SMILES string of the molecule is CCNC(=NCC1CCN(CCOC)CC1)N(C)Cc1ccc(N2CCCCC2)cc1. The molecular formula is C25H43N5O. The highest BCUT2D eigenvalue weighted by molar-refractivity contribution is 5.79. The van der Waals surface area contributed by atoms with E-state index in [1.165, 1.54) is 69.5 Å². The number of hydrogen-bond acceptors (Lipinski definition) is 4. The van der Waals surface area contributed by atoms with E-state index in [4.69, 9.17) is 9.73 Å². The van der Waals surface area contributed by atoms with Gasteiger partial charge in [0.1, 0.15) is 0 Å². The Hall–Kier alpha value is -1.79. The summed E-state index contributed by atoms with van der Waals surface area (Å²) in [4.78, 5) is 12.3. The Morgan fingerprint density at radius 1 is 1.10 bits per heavy atom. The van der Waals surface area contributed by atoms with Crippen molar-refractivity contribution in [3.8, 4) is 0 Å². The zero-order valence-corrected chi connectivity index (χ0v) is 20.0. The van der Waals surface area contributed by atoms with Gasteiger partial charge in [-0.15, -0.1) is 0 Å². The largest absolute Gasteiger partial charge is 0.383 e. The van der Waals surface area contributed by atoms with Crippen LogP contribution in [0, 0.1) is 5.92 Å². The summed E-state index contributed by atoms with van der Waals surface area (Å²) in [5.74, 6) is 1.70. The molecule has 0 atom stereocenters. The molecule has 0 saturated carbocycles. The van der Waals surface area contributed by atoms with Crippen LogP contribution >= 0.6 is 0 Å². The summed E-state index contributed by atoms with van der Waals surface area (Å²) < 4.78 is 5.21. The first-order valence-electron chi connectivity index (χ1n) is 12.2. The molecule has 3 rings (SSSR count). The van der Waals surface area contributed by atoms with Crippen LogP contribution in [0.3, 0.4) is 0 Å². The quantitative estimate of drug-likeness (QED) is 0.481. The zero-order valence-electron chi connectivity index (χ0n) is 20.0. The Balaban J connectivity index is 1.49. The molecule has 0 aromatic heterocycles. The number of anilines is 1. The van der Waals surface area contributed by atoms with Crippen LogP contribution < -0.4 is 10.2 Å². The third-order valence-corrected chi connectivity index (χ3v) is 6.59. The number of methoxy groups -OCH3 is 1. The third-order valence-electron chi connectivity index (χ3n) is 6.59. The Morgan fingerprint density at radius 3 is 2.45 bits per heavy atom. The van der Waals surface area contributed by atoms with Crippen LogP contribution in [0.5, 0.6) is 0 Å². The summed E-state index contributed by atoms with van der Waals surface area (Å²) in [6.07, 6.45) is 6.47. The van der Waals surface area contributed by atoms with Crippen molar-refractivity contribution in [1.29, 1.82) is 0 Å². The maximum Gasteiger partial charge on any atom is 0.193 e. The maximum atomic E-state index is 5.21. The highest BCUT2D eigenvalue weighted by Gasteiger charge is 2.19. The van der Waals surface area contributed by atoms with E-state index in [-0.39, 0.29) is 0 Å². The van der Waals surface area contributed by atoms with Gasteiger partial charge in [-0.25, -0.2) is 0 Å². The van der Waals surface area contributed by atoms with Gasteiger partial charge in [-0.2, -0.15) is 0 Å². The first-order valence-corrected chi connectivity index (χ1v) is 12.2. The fraction of sp³-hybridized carbons (Fsp3) is 0.720. The normalized spacial score (nSPS) is 18.9. The summed E-state index contributed by atoms with van der Waals surface area (Å²) in [5, 5.41) is 3.48. The summed E-state index contributed by atoms with van der Waals surface area (Å²) in [6.45, 7) is 11.4. The van der Waals surface area contributed by atoms with E-state index < -0.39 is 0 Å². The van der Waals surface area contributed by atoms with Gasteiger partial charge < -0.3 is 24.8 Å². The molecule has 0 aliphatic carbocycles. The van der Waals surface area contributed by atoms with Crippen molar-refractivity contribution >= 4 is 11.6 Å². The van der Waals surface area contributed by atoms with Gasteiger partial charge in [-0.1, -0.05) is 12.1 Å². The second-order valence-corrected chi connectivity index (χ2v) is 9.04. The number of nitrogens with zero attached hydrogens (tertiary/aromatic N) is 4. The molecule has 1 N–H and O–H groups in total. The highest BCUT2D eigenvalue weighted by Crippen LogP contribution is 2.21. The van der Waals surface area contributed by atoms with Gasteiger partial charge in [-0.05, 0) is 75.7 Å². The number of hydrogen-bond donors (Lipinski definition) is 1. The van der Waals surface area contributed by atoms with E-state index in [2.05, 4.69) is 58.3 Å². The molecule has 2 aliphatic rings. The number of nitrogens with one attached hydrogen (secondary N) is 1. The van der Waals surface area contributed by atoms with Gasteiger partial charge >= 0.3 is 0 Å². The Kier molecular flexibility index (Phi) is 9.94. The minimum absolute atomic E-state index is 0.685. The van der Waals surface area contributed by atoms with Gasteiger partial charge in [0, 0.05) is 59.1 Å². The molecule has 6 heteroatoms. The van der Waals surface area contributed by atoms with Crippen molar-refractivity contribution in [2.45, 2.75) is 45.6 Å². The summed E-state index contributed by atoms with van der Waals surface area (Å²) in [7, 11) is 3.93. The van der Waals surface area contributed by atoms with E-state index in [9.17, 15) is 0 Å². The molecule has 1 aromatic carbocycles. The number of guanidine groups is 1. The summed E-state index contributed by atoms with van der Waals surface area (Å²) in [5.41, 5.74) is 2.70. The minimum atomic E-state index is 0.685. The fourth-order valence-corrected chi connectivity index (χ4v) is 4.61. The smallest absolute Gasteiger partial charge is 0.193 e. The zero-order chi connectivity index (χ0) is 21.9. The van der Waals surface area contributed by atoms with Gasteiger partial charge in [0.2, 0.25) is 0 Å². The maximum absolute atomic E-state index is 5.21. The van der Waals surface area contributed by atoms with Crippen molar-refractivity contribution in [3.63, 3.8) is 0 Å². The molecule has 2 fully saturated rings. The Labute approximate surface area is 189 Å². The fourth-order valence-electron chi connectivity index (χ4n) is 4.61. The molecule has 2 heterocycles. The summed E-state index contributed by atoms with van der Waals surface area (Å²) in [6, 6.07) is 9.13. The molecule has 0 amide bonds. The molecule has 2 saturated heterocycles. The molecule has 0 radical (unpaired) electrons. The average Bonchev–Trinajstić information content (AvgIpc) is 2.82. The number of benzene rings is 1. The molecule has 0 bridgehead atoms. The van der Waals surface area contributed by atoms with Gasteiger partial charge in [-0.3, -0.25) is 4.99 Å². The summed E-state index contributed by atoms with van der Waals surface area (Å²) >= 11 is 0. The molecule has 0 unspecified atom stereocenters. The molecule has 1 aromatic rings. The monoisotopic (exact) mass is 429 g/mol. The lowest BCUT2D eigenvalue weighted by atomic mass is 9.97. The number of aliphatic imine (C=N–C) groups is 1. The molecule has 31 heavy (non-hydrogen) atoms. The van der Waals surface area contributed by atoms with E-state index in [0.29, 0.717) is 5.92 Å². The van der Waals surface area contributed by atoms with E-state index in [1.807, 2.05) is 0 Å². The van der Waals surface area contributed by atoms with Gasteiger partial charge in [0.05, 0.1) is 6.61 Å². The van der Waals surface area contributed by atoms with Gasteiger partial charge in [0.25, 0.3) is 0 Å². The Morgan fingerprint density at radius 2 is 1.81 bits per heavy atom. The van der Waals surface area contributed by atoms with Crippen molar-refractivity contribution in [2.75, 3.05) is 71.5 Å². The molecule has 0 spiro atoms. The average molecular weight is 430 g/mol. The highest BCUT2D eigenvalue weighted by atomic mass is 16.5. The van der Waals surface area contributed by atoms with Crippen LogP contribution in [-0.4, -0.2) is 82.3 Å². The lowest BCUT2D eigenvalue weighted by Crippen LogP contribution is -2.40. The van der Waals surface area contributed by atoms with E-state index in [1.54, 1.807) is 7.11 Å². The van der Waals surface area contributed by atoms with Crippen molar-refractivity contribution in [3.05, 3.63) is 29.8 Å². The standard InChI is InChI=1S/C25H43N5O/c1-4-26-25(27-20-22-12-16-29(17-13-22)18-19-31-3)28(2)21-23-8-10-24(11-9-23)30-14-6-5-7-15-30/h8-11,22H,4-7,12-21H2,1-3H3,(H,26,27). The first-order chi connectivity index (χ1) is 15.2. The second-order valence-electron chi connectivity index (χ2n) is 9.04. The molecular weight excluding hydrogens is 386 g/mol. The predicted molar refractivity (Wildman–Crippen MR) is 131 cm³/mol. The molecule has 6 nitrogen and oxygen atoms in total.